The molecule has 0 aromatic rings. The van der Waals surface area contributed by atoms with Crippen molar-refractivity contribution in [1.29, 1.82) is 0 Å². The fourth-order valence-corrected chi connectivity index (χ4v) is 2.47. The Morgan fingerprint density at radius 1 is 1.45 bits per heavy atom. The first-order valence-electron chi connectivity index (χ1n) is 7.25. The SMILES string of the molecule is CC(C)N(C)CCNC(=O)NC1CCCC1(C)C(=O)O. The summed E-state index contributed by atoms with van der Waals surface area (Å²) in [5.41, 5.74) is -0.841. The summed E-state index contributed by atoms with van der Waals surface area (Å²) in [5, 5.41) is 14.9. The number of nitrogens with zero attached hydrogens (tertiary/aromatic N) is 1. The van der Waals surface area contributed by atoms with E-state index in [-0.39, 0.29) is 12.1 Å². The van der Waals surface area contributed by atoms with Crippen molar-refractivity contribution >= 4 is 12.0 Å². The Morgan fingerprint density at radius 2 is 2.10 bits per heavy atom. The van der Waals surface area contributed by atoms with Crippen molar-refractivity contribution < 1.29 is 14.7 Å². The maximum absolute atomic E-state index is 11.8. The molecule has 0 aliphatic heterocycles. The Balaban J connectivity index is 2.37. The van der Waals surface area contributed by atoms with Gasteiger partial charge in [0, 0.05) is 25.2 Å². The summed E-state index contributed by atoms with van der Waals surface area (Å²) >= 11 is 0. The van der Waals surface area contributed by atoms with Crippen LogP contribution in [0, 0.1) is 5.41 Å². The standard InChI is InChI=1S/C14H27N3O3/c1-10(2)17(4)9-8-15-13(20)16-11-6-5-7-14(11,3)12(18)19/h10-11H,5-9H2,1-4H3,(H,18,19)(H2,15,16,20). The molecule has 0 radical (unpaired) electrons. The zero-order chi connectivity index (χ0) is 15.3. The van der Waals surface area contributed by atoms with Gasteiger partial charge in [0.15, 0.2) is 0 Å². The topological polar surface area (TPSA) is 81.7 Å². The van der Waals surface area contributed by atoms with E-state index in [0.29, 0.717) is 19.0 Å². The lowest BCUT2D eigenvalue weighted by Gasteiger charge is -2.28. The third kappa shape index (κ3) is 4.10. The largest absolute Gasteiger partial charge is 0.481 e. The first kappa shape index (κ1) is 16.8. The molecule has 116 valence electrons. The monoisotopic (exact) mass is 285 g/mol. The molecule has 0 aromatic heterocycles. The zero-order valence-corrected chi connectivity index (χ0v) is 12.9. The number of hydrogen-bond acceptors (Lipinski definition) is 3. The first-order chi connectivity index (χ1) is 9.27. The molecule has 0 spiro atoms. The number of carboxylic acid groups (broad SMARTS) is 1. The van der Waals surface area contributed by atoms with Crippen molar-refractivity contribution in [3.05, 3.63) is 0 Å². The van der Waals surface area contributed by atoms with Gasteiger partial charge in [-0.2, -0.15) is 0 Å². The number of carboxylic acids is 1. The van der Waals surface area contributed by atoms with Gasteiger partial charge >= 0.3 is 12.0 Å². The van der Waals surface area contributed by atoms with Gasteiger partial charge in [-0.1, -0.05) is 6.42 Å². The zero-order valence-electron chi connectivity index (χ0n) is 12.9. The number of carbonyl (C=O) groups is 2. The van der Waals surface area contributed by atoms with Gasteiger partial charge in [-0.15, -0.1) is 0 Å². The summed E-state index contributed by atoms with van der Waals surface area (Å²) in [6.07, 6.45) is 2.18. The summed E-state index contributed by atoms with van der Waals surface area (Å²) in [6, 6.07) is -0.130. The highest BCUT2D eigenvalue weighted by atomic mass is 16.4. The molecule has 1 rings (SSSR count). The number of aliphatic carboxylic acids is 1. The maximum Gasteiger partial charge on any atom is 0.315 e. The minimum absolute atomic E-state index is 0.276. The van der Waals surface area contributed by atoms with Gasteiger partial charge in [0.1, 0.15) is 0 Å². The summed E-state index contributed by atoms with van der Waals surface area (Å²) in [7, 11) is 2.00. The Kier molecular flexibility index (Phi) is 5.80. The highest BCUT2D eigenvalue weighted by Gasteiger charge is 2.45. The van der Waals surface area contributed by atoms with Gasteiger partial charge < -0.3 is 20.6 Å². The summed E-state index contributed by atoms with van der Waals surface area (Å²) in [4.78, 5) is 25.3. The highest BCUT2D eigenvalue weighted by molar-refractivity contribution is 5.79. The summed E-state index contributed by atoms with van der Waals surface area (Å²) in [5.74, 6) is -0.833. The molecule has 1 saturated carbocycles. The minimum Gasteiger partial charge on any atom is -0.481 e. The molecule has 0 saturated heterocycles. The number of amides is 2. The van der Waals surface area contributed by atoms with Crippen LogP contribution in [0.2, 0.25) is 0 Å². The normalized spacial score (nSPS) is 26.0. The van der Waals surface area contributed by atoms with Gasteiger partial charge in [0.2, 0.25) is 0 Å². The van der Waals surface area contributed by atoms with Crippen LogP contribution in [0.3, 0.4) is 0 Å². The molecule has 1 aliphatic rings. The Bertz CT molecular complexity index is 360. The van der Waals surface area contributed by atoms with Crippen molar-refractivity contribution in [2.45, 2.75) is 52.1 Å². The predicted octanol–water partition coefficient (Wildman–Crippen LogP) is 1.27. The third-order valence-corrected chi connectivity index (χ3v) is 4.38. The molecule has 6 nitrogen and oxygen atoms in total. The quantitative estimate of drug-likeness (QED) is 0.686. The van der Waals surface area contributed by atoms with Gasteiger partial charge in [-0.25, -0.2) is 4.79 Å². The molecule has 2 amide bonds. The first-order valence-corrected chi connectivity index (χ1v) is 7.25. The molecule has 0 aromatic carbocycles. The van der Waals surface area contributed by atoms with E-state index in [1.54, 1.807) is 6.92 Å². The molecule has 1 aliphatic carbocycles. The predicted molar refractivity (Wildman–Crippen MR) is 77.7 cm³/mol. The molecule has 2 atom stereocenters. The van der Waals surface area contributed by atoms with Crippen LogP contribution in [0.1, 0.15) is 40.0 Å². The second-order valence-electron chi connectivity index (χ2n) is 6.14. The van der Waals surface area contributed by atoms with Gasteiger partial charge in [0.05, 0.1) is 5.41 Å². The van der Waals surface area contributed by atoms with Crippen LogP contribution < -0.4 is 10.6 Å². The fourth-order valence-electron chi connectivity index (χ4n) is 2.47. The van der Waals surface area contributed by atoms with E-state index in [1.165, 1.54) is 0 Å². The van der Waals surface area contributed by atoms with E-state index in [1.807, 2.05) is 7.05 Å². The van der Waals surface area contributed by atoms with E-state index >= 15 is 0 Å². The van der Waals surface area contributed by atoms with Crippen LogP contribution in [0.4, 0.5) is 4.79 Å². The number of likely N-dealkylation sites (N-methyl/N-ethyl adjacent to an activating group) is 1. The van der Waals surface area contributed by atoms with Crippen molar-refractivity contribution in [2.75, 3.05) is 20.1 Å². The molecule has 6 heteroatoms. The minimum atomic E-state index is -0.841. The summed E-state index contributed by atoms with van der Waals surface area (Å²) in [6.45, 7) is 7.22. The van der Waals surface area contributed by atoms with Crippen LogP contribution in [0.25, 0.3) is 0 Å². The Labute approximate surface area is 120 Å². The fraction of sp³-hybridized carbons (Fsp3) is 0.857. The lowest BCUT2D eigenvalue weighted by molar-refractivity contribution is -0.148. The number of nitrogens with one attached hydrogen (secondary N) is 2. The molecule has 0 heterocycles. The van der Waals surface area contributed by atoms with Gasteiger partial charge in [-0.05, 0) is 40.7 Å². The number of urea groups is 1. The summed E-state index contributed by atoms with van der Waals surface area (Å²) < 4.78 is 0. The second kappa shape index (κ2) is 6.92. The number of carbonyl (C=O) groups excluding carboxylic acids is 1. The van der Waals surface area contributed by atoms with E-state index < -0.39 is 11.4 Å². The molecular formula is C14H27N3O3. The van der Waals surface area contributed by atoms with Crippen LogP contribution in [-0.4, -0.2) is 54.2 Å². The molecule has 0 bridgehead atoms. The van der Waals surface area contributed by atoms with Crippen LogP contribution in [-0.2, 0) is 4.79 Å². The van der Waals surface area contributed by atoms with Crippen molar-refractivity contribution in [3.8, 4) is 0 Å². The Hall–Kier alpha value is -1.30. The smallest absolute Gasteiger partial charge is 0.315 e. The van der Waals surface area contributed by atoms with Crippen LogP contribution in [0.15, 0.2) is 0 Å². The lowest BCUT2D eigenvalue weighted by atomic mass is 9.85. The number of rotatable bonds is 6. The molecule has 2 unspecified atom stereocenters. The maximum atomic E-state index is 11.8. The van der Waals surface area contributed by atoms with E-state index in [2.05, 4.69) is 29.4 Å². The van der Waals surface area contributed by atoms with Crippen molar-refractivity contribution in [2.24, 2.45) is 5.41 Å². The second-order valence-corrected chi connectivity index (χ2v) is 6.14. The lowest BCUT2D eigenvalue weighted by Crippen LogP contribution is -2.51. The molecule has 1 fully saturated rings. The molecular weight excluding hydrogens is 258 g/mol. The van der Waals surface area contributed by atoms with Crippen LogP contribution in [0.5, 0.6) is 0 Å². The third-order valence-electron chi connectivity index (χ3n) is 4.38. The van der Waals surface area contributed by atoms with E-state index in [9.17, 15) is 14.7 Å². The average molecular weight is 285 g/mol. The highest BCUT2D eigenvalue weighted by Crippen LogP contribution is 2.38. The number of hydrogen-bond donors (Lipinski definition) is 3. The van der Waals surface area contributed by atoms with E-state index in [4.69, 9.17) is 0 Å². The Morgan fingerprint density at radius 3 is 2.65 bits per heavy atom. The van der Waals surface area contributed by atoms with Crippen molar-refractivity contribution in [1.82, 2.24) is 15.5 Å². The van der Waals surface area contributed by atoms with Crippen LogP contribution >= 0.6 is 0 Å². The molecule has 3 N–H and O–H groups in total. The van der Waals surface area contributed by atoms with Gasteiger partial charge in [-0.3, -0.25) is 4.79 Å². The van der Waals surface area contributed by atoms with Gasteiger partial charge in [0.25, 0.3) is 0 Å². The molecule has 20 heavy (non-hydrogen) atoms. The van der Waals surface area contributed by atoms with E-state index in [0.717, 1.165) is 19.4 Å². The average Bonchev–Trinajstić information content (AvgIpc) is 2.72. The van der Waals surface area contributed by atoms with Crippen molar-refractivity contribution in [3.63, 3.8) is 0 Å².